The molecule has 92 valence electrons. The molecule has 0 aliphatic rings. The Morgan fingerprint density at radius 3 is 2.29 bits per heavy atom. The van der Waals surface area contributed by atoms with E-state index in [1.54, 1.807) is 31.2 Å². The van der Waals surface area contributed by atoms with Gasteiger partial charge in [-0.15, -0.1) is 0 Å². The SMILES string of the molecule is CCOC(=O)c1ccc(NC(=S)OCC)cc1. The molecule has 0 aromatic heterocycles. The summed E-state index contributed by atoms with van der Waals surface area (Å²) in [5.74, 6) is -0.327. The molecule has 1 aromatic carbocycles. The van der Waals surface area contributed by atoms with Gasteiger partial charge in [-0.3, -0.25) is 0 Å². The molecule has 17 heavy (non-hydrogen) atoms. The van der Waals surface area contributed by atoms with Gasteiger partial charge < -0.3 is 14.8 Å². The molecule has 0 heterocycles. The standard InChI is InChI=1S/C12H15NO3S/c1-3-15-11(14)9-5-7-10(8-6-9)13-12(17)16-4-2/h5-8H,3-4H2,1-2H3,(H,13,17). The Hall–Kier alpha value is -1.62. The van der Waals surface area contributed by atoms with Crippen molar-refractivity contribution in [3.05, 3.63) is 29.8 Å². The van der Waals surface area contributed by atoms with E-state index < -0.39 is 0 Å². The number of esters is 1. The molecular weight excluding hydrogens is 238 g/mol. The first-order valence-electron chi connectivity index (χ1n) is 5.38. The van der Waals surface area contributed by atoms with Crippen molar-refractivity contribution >= 4 is 29.0 Å². The highest BCUT2D eigenvalue weighted by atomic mass is 32.1. The maximum atomic E-state index is 11.4. The third kappa shape index (κ3) is 4.40. The molecule has 0 radical (unpaired) electrons. The van der Waals surface area contributed by atoms with Gasteiger partial charge in [0.15, 0.2) is 0 Å². The van der Waals surface area contributed by atoms with Gasteiger partial charge in [0.1, 0.15) is 0 Å². The fraction of sp³-hybridized carbons (Fsp3) is 0.333. The molecule has 1 aromatic rings. The second kappa shape index (κ2) is 6.85. The number of carbonyl (C=O) groups is 1. The normalized spacial score (nSPS) is 9.53. The molecule has 1 rings (SSSR count). The Labute approximate surface area is 106 Å². The molecule has 0 amide bonds. The average molecular weight is 253 g/mol. The van der Waals surface area contributed by atoms with Gasteiger partial charge in [-0.2, -0.15) is 0 Å². The molecule has 0 saturated carbocycles. The van der Waals surface area contributed by atoms with E-state index in [0.29, 0.717) is 24.0 Å². The summed E-state index contributed by atoms with van der Waals surface area (Å²) in [5, 5.41) is 3.21. The van der Waals surface area contributed by atoms with Crippen LogP contribution in [-0.2, 0) is 9.47 Å². The van der Waals surface area contributed by atoms with Gasteiger partial charge in [-0.1, -0.05) is 0 Å². The molecule has 0 fully saturated rings. The zero-order valence-corrected chi connectivity index (χ0v) is 10.7. The molecule has 0 aliphatic heterocycles. The minimum atomic E-state index is -0.327. The maximum absolute atomic E-state index is 11.4. The van der Waals surface area contributed by atoms with Crippen LogP contribution in [-0.4, -0.2) is 24.4 Å². The van der Waals surface area contributed by atoms with Gasteiger partial charge in [0.2, 0.25) is 0 Å². The second-order valence-corrected chi connectivity index (χ2v) is 3.51. The van der Waals surface area contributed by atoms with E-state index in [1.165, 1.54) is 0 Å². The molecule has 4 nitrogen and oxygen atoms in total. The first-order valence-corrected chi connectivity index (χ1v) is 5.79. The van der Waals surface area contributed by atoms with Crippen LogP contribution in [0.25, 0.3) is 0 Å². The molecule has 1 N–H and O–H groups in total. The fourth-order valence-electron chi connectivity index (χ4n) is 1.19. The summed E-state index contributed by atoms with van der Waals surface area (Å²) in [4.78, 5) is 11.4. The Morgan fingerprint density at radius 1 is 1.18 bits per heavy atom. The Bertz CT molecular complexity index is 389. The van der Waals surface area contributed by atoms with E-state index in [1.807, 2.05) is 6.92 Å². The van der Waals surface area contributed by atoms with Crippen molar-refractivity contribution in [1.29, 1.82) is 0 Å². The van der Waals surface area contributed by atoms with Crippen molar-refractivity contribution in [1.82, 2.24) is 0 Å². The number of hydrogen-bond acceptors (Lipinski definition) is 4. The quantitative estimate of drug-likeness (QED) is 0.660. The largest absolute Gasteiger partial charge is 0.471 e. The van der Waals surface area contributed by atoms with Gasteiger partial charge in [-0.05, 0) is 50.3 Å². The van der Waals surface area contributed by atoms with Gasteiger partial charge in [0.25, 0.3) is 5.17 Å². The van der Waals surface area contributed by atoms with Crippen LogP contribution in [0.2, 0.25) is 0 Å². The minimum Gasteiger partial charge on any atom is -0.471 e. The van der Waals surface area contributed by atoms with Crippen LogP contribution in [0.15, 0.2) is 24.3 Å². The van der Waals surface area contributed by atoms with Crippen molar-refractivity contribution in [2.75, 3.05) is 18.5 Å². The van der Waals surface area contributed by atoms with Crippen molar-refractivity contribution in [3.63, 3.8) is 0 Å². The van der Waals surface area contributed by atoms with Crippen molar-refractivity contribution in [3.8, 4) is 0 Å². The van der Waals surface area contributed by atoms with Crippen molar-refractivity contribution in [2.45, 2.75) is 13.8 Å². The zero-order chi connectivity index (χ0) is 12.7. The summed E-state index contributed by atoms with van der Waals surface area (Å²) in [5.41, 5.74) is 1.29. The molecule has 0 atom stereocenters. The number of rotatable bonds is 4. The van der Waals surface area contributed by atoms with Crippen LogP contribution in [0, 0.1) is 0 Å². The monoisotopic (exact) mass is 253 g/mol. The summed E-state index contributed by atoms with van der Waals surface area (Å²) >= 11 is 4.94. The highest BCUT2D eigenvalue weighted by molar-refractivity contribution is 7.80. The lowest BCUT2D eigenvalue weighted by Gasteiger charge is -2.08. The highest BCUT2D eigenvalue weighted by Crippen LogP contribution is 2.10. The summed E-state index contributed by atoms with van der Waals surface area (Å²) in [7, 11) is 0. The summed E-state index contributed by atoms with van der Waals surface area (Å²) in [6.07, 6.45) is 0. The van der Waals surface area contributed by atoms with E-state index in [9.17, 15) is 4.79 Å². The van der Waals surface area contributed by atoms with E-state index >= 15 is 0 Å². The highest BCUT2D eigenvalue weighted by Gasteiger charge is 2.05. The van der Waals surface area contributed by atoms with Crippen LogP contribution in [0.3, 0.4) is 0 Å². The molecule has 0 aliphatic carbocycles. The second-order valence-electron chi connectivity index (χ2n) is 3.14. The van der Waals surface area contributed by atoms with Crippen LogP contribution in [0.5, 0.6) is 0 Å². The van der Waals surface area contributed by atoms with Gasteiger partial charge in [-0.25, -0.2) is 4.79 Å². The topological polar surface area (TPSA) is 47.6 Å². The van der Waals surface area contributed by atoms with E-state index in [0.717, 1.165) is 5.69 Å². The predicted octanol–water partition coefficient (Wildman–Crippen LogP) is 2.60. The summed E-state index contributed by atoms with van der Waals surface area (Å²) in [6, 6.07) is 6.85. The van der Waals surface area contributed by atoms with E-state index in [2.05, 4.69) is 5.32 Å². The van der Waals surface area contributed by atoms with Crippen LogP contribution >= 0.6 is 12.2 Å². The van der Waals surface area contributed by atoms with E-state index in [-0.39, 0.29) is 5.97 Å². The van der Waals surface area contributed by atoms with Crippen LogP contribution < -0.4 is 5.32 Å². The van der Waals surface area contributed by atoms with Crippen LogP contribution in [0.1, 0.15) is 24.2 Å². The number of anilines is 1. The smallest absolute Gasteiger partial charge is 0.338 e. The third-order valence-electron chi connectivity index (χ3n) is 1.92. The van der Waals surface area contributed by atoms with Gasteiger partial charge in [0.05, 0.1) is 18.8 Å². The number of benzene rings is 1. The summed E-state index contributed by atoms with van der Waals surface area (Å²) < 4.78 is 9.97. The number of thiocarbonyl (C=S) groups is 1. The molecule has 5 heteroatoms. The minimum absolute atomic E-state index is 0.316. The van der Waals surface area contributed by atoms with E-state index in [4.69, 9.17) is 21.7 Å². The average Bonchev–Trinajstić information content (AvgIpc) is 2.30. The number of hydrogen-bond donors (Lipinski definition) is 1. The first-order chi connectivity index (χ1) is 8.17. The fourth-order valence-corrected chi connectivity index (χ4v) is 1.42. The van der Waals surface area contributed by atoms with Crippen LogP contribution in [0.4, 0.5) is 5.69 Å². The Balaban J connectivity index is 2.61. The Kier molecular flexibility index (Phi) is 5.42. The molecule has 0 bridgehead atoms. The van der Waals surface area contributed by atoms with Gasteiger partial charge >= 0.3 is 5.97 Å². The lowest BCUT2D eigenvalue weighted by Crippen LogP contribution is -2.13. The molecule has 0 spiro atoms. The molecule has 0 unspecified atom stereocenters. The zero-order valence-electron chi connectivity index (χ0n) is 9.86. The summed E-state index contributed by atoms with van der Waals surface area (Å²) in [6.45, 7) is 4.52. The lowest BCUT2D eigenvalue weighted by atomic mass is 10.2. The first kappa shape index (κ1) is 13.4. The number of ether oxygens (including phenoxy) is 2. The number of carbonyl (C=O) groups excluding carboxylic acids is 1. The maximum Gasteiger partial charge on any atom is 0.338 e. The Morgan fingerprint density at radius 2 is 1.76 bits per heavy atom. The molecular formula is C12H15NO3S. The van der Waals surface area contributed by atoms with Crippen molar-refractivity contribution in [2.24, 2.45) is 0 Å². The van der Waals surface area contributed by atoms with Gasteiger partial charge in [0, 0.05) is 5.69 Å². The number of nitrogens with one attached hydrogen (secondary N) is 1. The third-order valence-corrected chi connectivity index (χ3v) is 2.14. The molecule has 0 saturated heterocycles. The predicted molar refractivity (Wildman–Crippen MR) is 70.2 cm³/mol. The lowest BCUT2D eigenvalue weighted by molar-refractivity contribution is 0.0526. The van der Waals surface area contributed by atoms with Crippen molar-refractivity contribution < 1.29 is 14.3 Å².